The third-order valence-corrected chi connectivity index (χ3v) is 4.12. The molecule has 0 aromatic heterocycles. The smallest absolute Gasteiger partial charge is 0.253 e. The zero-order valence-corrected chi connectivity index (χ0v) is 11.9. The van der Waals surface area contributed by atoms with E-state index in [1.807, 2.05) is 18.2 Å². The molecule has 1 N–H and O–H groups in total. The minimum atomic E-state index is -0.0997. The SMILES string of the molecule is O=C(N[C@@H]1CCCc2ccccc21)c1ccccc1Cl. The molecule has 0 heterocycles. The Morgan fingerprint density at radius 1 is 1.10 bits per heavy atom. The van der Waals surface area contributed by atoms with Crippen molar-refractivity contribution in [3.8, 4) is 0 Å². The van der Waals surface area contributed by atoms with Gasteiger partial charge >= 0.3 is 0 Å². The Morgan fingerprint density at radius 3 is 2.70 bits per heavy atom. The first-order valence-corrected chi connectivity index (χ1v) is 7.26. The van der Waals surface area contributed by atoms with Crippen molar-refractivity contribution < 1.29 is 4.79 Å². The van der Waals surface area contributed by atoms with E-state index in [2.05, 4.69) is 23.5 Å². The van der Waals surface area contributed by atoms with E-state index in [0.717, 1.165) is 19.3 Å². The van der Waals surface area contributed by atoms with Gasteiger partial charge in [-0.1, -0.05) is 48.0 Å². The zero-order valence-electron chi connectivity index (χ0n) is 11.1. The number of hydrogen-bond acceptors (Lipinski definition) is 1. The van der Waals surface area contributed by atoms with Crippen molar-refractivity contribution in [2.24, 2.45) is 0 Å². The Kier molecular flexibility index (Phi) is 3.75. The van der Waals surface area contributed by atoms with Gasteiger partial charge in [0.05, 0.1) is 16.6 Å². The molecule has 2 aromatic carbocycles. The maximum absolute atomic E-state index is 12.3. The molecule has 102 valence electrons. The fraction of sp³-hybridized carbons (Fsp3) is 0.235. The summed E-state index contributed by atoms with van der Waals surface area (Å²) in [5.74, 6) is -0.0997. The average Bonchev–Trinajstić information content (AvgIpc) is 2.48. The van der Waals surface area contributed by atoms with Gasteiger partial charge in [0, 0.05) is 0 Å². The van der Waals surface area contributed by atoms with Crippen molar-refractivity contribution in [2.75, 3.05) is 0 Å². The van der Waals surface area contributed by atoms with Gasteiger partial charge in [-0.05, 0) is 42.5 Å². The van der Waals surface area contributed by atoms with Crippen LogP contribution in [0, 0.1) is 0 Å². The molecule has 1 atom stereocenters. The van der Waals surface area contributed by atoms with Gasteiger partial charge < -0.3 is 5.32 Å². The van der Waals surface area contributed by atoms with Crippen LogP contribution in [0.15, 0.2) is 48.5 Å². The fourth-order valence-electron chi connectivity index (χ4n) is 2.79. The number of hydrogen-bond donors (Lipinski definition) is 1. The number of amides is 1. The molecule has 3 heteroatoms. The van der Waals surface area contributed by atoms with Crippen LogP contribution in [0.25, 0.3) is 0 Å². The molecule has 0 saturated heterocycles. The largest absolute Gasteiger partial charge is 0.345 e. The number of fused-ring (bicyclic) bond motifs is 1. The van der Waals surface area contributed by atoms with E-state index >= 15 is 0 Å². The Hall–Kier alpha value is -1.80. The minimum absolute atomic E-state index is 0.0868. The van der Waals surface area contributed by atoms with Gasteiger partial charge in [-0.15, -0.1) is 0 Å². The van der Waals surface area contributed by atoms with Gasteiger partial charge in [-0.25, -0.2) is 0 Å². The normalized spacial score (nSPS) is 17.4. The van der Waals surface area contributed by atoms with E-state index < -0.39 is 0 Å². The summed E-state index contributed by atoms with van der Waals surface area (Å²) in [6, 6.07) is 15.6. The highest BCUT2D eigenvalue weighted by Crippen LogP contribution is 2.30. The quantitative estimate of drug-likeness (QED) is 0.882. The summed E-state index contributed by atoms with van der Waals surface area (Å²) in [5, 5.41) is 3.60. The monoisotopic (exact) mass is 285 g/mol. The third-order valence-electron chi connectivity index (χ3n) is 3.79. The number of aryl methyl sites for hydroxylation is 1. The van der Waals surface area contributed by atoms with E-state index in [4.69, 9.17) is 11.6 Å². The maximum atomic E-state index is 12.3. The predicted molar refractivity (Wildman–Crippen MR) is 81.0 cm³/mol. The molecule has 1 aliphatic carbocycles. The molecule has 20 heavy (non-hydrogen) atoms. The Morgan fingerprint density at radius 2 is 1.85 bits per heavy atom. The molecule has 0 unspecified atom stereocenters. The van der Waals surface area contributed by atoms with E-state index in [1.165, 1.54) is 11.1 Å². The van der Waals surface area contributed by atoms with E-state index in [-0.39, 0.29) is 11.9 Å². The van der Waals surface area contributed by atoms with Gasteiger partial charge in [0.15, 0.2) is 0 Å². The molecule has 0 radical (unpaired) electrons. The van der Waals surface area contributed by atoms with Crippen molar-refractivity contribution in [3.63, 3.8) is 0 Å². The average molecular weight is 286 g/mol. The van der Waals surface area contributed by atoms with E-state index in [0.29, 0.717) is 10.6 Å². The number of benzene rings is 2. The van der Waals surface area contributed by atoms with Crippen molar-refractivity contribution in [1.29, 1.82) is 0 Å². The van der Waals surface area contributed by atoms with Gasteiger partial charge in [0.1, 0.15) is 0 Å². The van der Waals surface area contributed by atoms with Crippen LogP contribution in [0.3, 0.4) is 0 Å². The molecule has 2 nitrogen and oxygen atoms in total. The lowest BCUT2D eigenvalue weighted by molar-refractivity contribution is 0.0933. The Balaban J connectivity index is 1.83. The molecule has 0 aliphatic heterocycles. The number of rotatable bonds is 2. The summed E-state index contributed by atoms with van der Waals surface area (Å²) in [4.78, 5) is 12.3. The molecule has 1 aliphatic rings. The van der Waals surface area contributed by atoms with Crippen LogP contribution in [-0.4, -0.2) is 5.91 Å². The number of carbonyl (C=O) groups excluding carboxylic acids is 1. The lowest BCUT2D eigenvalue weighted by Crippen LogP contribution is -2.31. The van der Waals surface area contributed by atoms with Gasteiger partial charge in [-0.3, -0.25) is 4.79 Å². The minimum Gasteiger partial charge on any atom is -0.345 e. The summed E-state index contributed by atoms with van der Waals surface area (Å²) in [6.45, 7) is 0. The molecule has 0 bridgehead atoms. The first-order chi connectivity index (χ1) is 9.75. The summed E-state index contributed by atoms with van der Waals surface area (Å²) < 4.78 is 0. The zero-order chi connectivity index (χ0) is 13.9. The summed E-state index contributed by atoms with van der Waals surface area (Å²) in [6.07, 6.45) is 3.17. The molecule has 2 aromatic rings. The second kappa shape index (κ2) is 5.68. The molecule has 1 amide bonds. The topological polar surface area (TPSA) is 29.1 Å². The van der Waals surface area contributed by atoms with Crippen LogP contribution in [0.5, 0.6) is 0 Å². The summed E-state index contributed by atoms with van der Waals surface area (Å²) in [7, 11) is 0. The van der Waals surface area contributed by atoms with Crippen LogP contribution < -0.4 is 5.32 Å². The van der Waals surface area contributed by atoms with Crippen molar-refractivity contribution >= 4 is 17.5 Å². The van der Waals surface area contributed by atoms with Crippen LogP contribution in [0.1, 0.15) is 40.4 Å². The fourth-order valence-corrected chi connectivity index (χ4v) is 3.01. The highest BCUT2D eigenvalue weighted by molar-refractivity contribution is 6.33. The van der Waals surface area contributed by atoms with Gasteiger partial charge in [-0.2, -0.15) is 0 Å². The van der Waals surface area contributed by atoms with Crippen LogP contribution in [0.4, 0.5) is 0 Å². The molecular weight excluding hydrogens is 270 g/mol. The summed E-state index contributed by atoms with van der Waals surface area (Å²) >= 11 is 6.08. The number of halogens is 1. The number of nitrogens with one attached hydrogen (secondary N) is 1. The lowest BCUT2D eigenvalue weighted by Gasteiger charge is -2.26. The first kappa shape index (κ1) is 13.2. The number of carbonyl (C=O) groups is 1. The second-order valence-corrected chi connectivity index (χ2v) is 5.50. The van der Waals surface area contributed by atoms with Crippen molar-refractivity contribution in [2.45, 2.75) is 25.3 Å². The Bertz CT molecular complexity index is 638. The van der Waals surface area contributed by atoms with E-state index in [1.54, 1.807) is 12.1 Å². The summed E-state index contributed by atoms with van der Waals surface area (Å²) in [5.41, 5.74) is 3.11. The highest BCUT2D eigenvalue weighted by atomic mass is 35.5. The van der Waals surface area contributed by atoms with Crippen molar-refractivity contribution in [3.05, 3.63) is 70.2 Å². The van der Waals surface area contributed by atoms with Crippen LogP contribution >= 0.6 is 11.6 Å². The molecular formula is C17H16ClNO. The molecule has 0 fully saturated rings. The van der Waals surface area contributed by atoms with Crippen molar-refractivity contribution in [1.82, 2.24) is 5.32 Å². The van der Waals surface area contributed by atoms with E-state index in [9.17, 15) is 4.79 Å². The predicted octanol–water partition coefficient (Wildman–Crippen LogP) is 4.15. The lowest BCUT2D eigenvalue weighted by atomic mass is 9.87. The Labute approximate surface area is 123 Å². The molecule has 0 spiro atoms. The maximum Gasteiger partial charge on any atom is 0.253 e. The van der Waals surface area contributed by atoms with Crippen LogP contribution in [-0.2, 0) is 6.42 Å². The van der Waals surface area contributed by atoms with Gasteiger partial charge in [0.2, 0.25) is 0 Å². The van der Waals surface area contributed by atoms with Crippen LogP contribution in [0.2, 0.25) is 5.02 Å². The van der Waals surface area contributed by atoms with Gasteiger partial charge in [0.25, 0.3) is 5.91 Å². The first-order valence-electron chi connectivity index (χ1n) is 6.89. The standard InChI is InChI=1S/C17H16ClNO/c18-15-10-4-3-9-14(15)17(20)19-16-11-5-7-12-6-1-2-8-13(12)16/h1-4,6,8-10,16H,5,7,11H2,(H,19,20)/t16-/m1/s1. The second-order valence-electron chi connectivity index (χ2n) is 5.10. The highest BCUT2D eigenvalue weighted by Gasteiger charge is 2.22. The molecule has 3 rings (SSSR count). The third kappa shape index (κ3) is 2.56. The molecule has 0 saturated carbocycles.